The molecule has 0 saturated carbocycles. The summed E-state index contributed by atoms with van der Waals surface area (Å²) in [4.78, 5) is 11.3. The van der Waals surface area contributed by atoms with Crippen LogP contribution >= 0.6 is 0 Å². The molecule has 7 nitrogen and oxygen atoms in total. The van der Waals surface area contributed by atoms with Crippen LogP contribution in [0.2, 0.25) is 0 Å². The number of hydrogen-bond acceptors (Lipinski definition) is 4. The maximum atomic E-state index is 12.9. The van der Waals surface area contributed by atoms with Crippen LogP contribution in [-0.4, -0.2) is 47.1 Å². The number of benzene rings is 1. The molecule has 0 bridgehead atoms. The van der Waals surface area contributed by atoms with Gasteiger partial charge in [0.05, 0.1) is 17.6 Å². The van der Waals surface area contributed by atoms with Crippen molar-refractivity contribution in [3.8, 4) is 0 Å². The Kier molecular flexibility index (Phi) is 3.65. The Morgan fingerprint density at radius 3 is 2.95 bits per heavy atom. The van der Waals surface area contributed by atoms with Crippen LogP contribution in [0.25, 0.3) is 10.9 Å². The number of rotatable bonds is 3. The summed E-state index contributed by atoms with van der Waals surface area (Å²) < 4.78 is 27.1. The van der Waals surface area contributed by atoms with Gasteiger partial charge in [0, 0.05) is 18.5 Å². The molecule has 22 heavy (non-hydrogen) atoms. The lowest BCUT2D eigenvalue weighted by molar-refractivity contribution is -0.142. The first-order chi connectivity index (χ1) is 10.4. The minimum Gasteiger partial charge on any atom is -0.481 e. The molecule has 1 fully saturated rings. The van der Waals surface area contributed by atoms with Gasteiger partial charge in [0.25, 0.3) is 0 Å². The van der Waals surface area contributed by atoms with Gasteiger partial charge < -0.3 is 5.11 Å². The number of H-pyrrole nitrogens is 1. The summed E-state index contributed by atoms with van der Waals surface area (Å²) >= 11 is 0. The van der Waals surface area contributed by atoms with E-state index in [4.69, 9.17) is 5.11 Å². The molecule has 8 heteroatoms. The highest BCUT2D eigenvalue weighted by molar-refractivity contribution is 7.89. The first kappa shape index (κ1) is 15.0. The van der Waals surface area contributed by atoms with Gasteiger partial charge in [-0.1, -0.05) is 0 Å². The lowest BCUT2D eigenvalue weighted by Crippen LogP contribution is -2.42. The molecule has 3 rings (SSSR count). The normalized spacial score (nSPS) is 20.3. The number of aliphatic carboxylic acids is 1. The van der Waals surface area contributed by atoms with Gasteiger partial charge in [0.2, 0.25) is 10.0 Å². The number of aromatic amines is 1. The largest absolute Gasteiger partial charge is 0.481 e. The van der Waals surface area contributed by atoms with E-state index in [0.717, 1.165) is 10.9 Å². The minimum absolute atomic E-state index is 0.0151. The number of carbonyl (C=O) groups is 1. The Balaban J connectivity index is 2.04. The summed E-state index contributed by atoms with van der Waals surface area (Å²) in [6, 6.07) is 3.45. The molecule has 1 unspecified atom stereocenters. The predicted octanol–water partition coefficient (Wildman–Crippen LogP) is 1.36. The van der Waals surface area contributed by atoms with Crippen molar-refractivity contribution in [2.24, 2.45) is 5.92 Å². The Hall–Kier alpha value is -1.93. The van der Waals surface area contributed by atoms with Crippen molar-refractivity contribution < 1.29 is 18.3 Å². The first-order valence-electron chi connectivity index (χ1n) is 7.06. The second kappa shape index (κ2) is 5.36. The predicted molar refractivity (Wildman–Crippen MR) is 79.9 cm³/mol. The van der Waals surface area contributed by atoms with Crippen molar-refractivity contribution in [2.75, 3.05) is 13.1 Å². The molecule has 2 aromatic rings. The lowest BCUT2D eigenvalue weighted by Gasteiger charge is -2.30. The topological polar surface area (TPSA) is 103 Å². The minimum atomic E-state index is -3.75. The number of carboxylic acid groups (broad SMARTS) is 1. The molecule has 0 amide bonds. The third-order valence-electron chi connectivity index (χ3n) is 4.01. The van der Waals surface area contributed by atoms with Crippen LogP contribution in [0.3, 0.4) is 0 Å². The van der Waals surface area contributed by atoms with Crippen molar-refractivity contribution in [1.82, 2.24) is 14.5 Å². The van der Waals surface area contributed by atoms with Gasteiger partial charge in [-0.3, -0.25) is 9.89 Å². The zero-order valence-corrected chi connectivity index (χ0v) is 12.9. The van der Waals surface area contributed by atoms with Gasteiger partial charge in [-0.15, -0.1) is 0 Å². The smallest absolute Gasteiger partial charge is 0.307 e. The van der Waals surface area contributed by atoms with E-state index in [2.05, 4.69) is 10.2 Å². The van der Waals surface area contributed by atoms with Gasteiger partial charge in [-0.2, -0.15) is 9.40 Å². The van der Waals surface area contributed by atoms with Crippen LogP contribution in [0.5, 0.6) is 0 Å². The average molecular weight is 323 g/mol. The average Bonchev–Trinajstić information content (AvgIpc) is 2.94. The van der Waals surface area contributed by atoms with Crippen molar-refractivity contribution in [3.05, 3.63) is 23.9 Å². The van der Waals surface area contributed by atoms with Crippen LogP contribution in [0.1, 0.15) is 18.4 Å². The van der Waals surface area contributed by atoms with Crippen LogP contribution in [0.4, 0.5) is 0 Å². The van der Waals surface area contributed by atoms with E-state index < -0.39 is 21.9 Å². The van der Waals surface area contributed by atoms with Crippen LogP contribution < -0.4 is 0 Å². The molecule has 1 aromatic heterocycles. The quantitative estimate of drug-likeness (QED) is 0.887. The highest BCUT2D eigenvalue weighted by atomic mass is 32.2. The number of aryl methyl sites for hydroxylation is 1. The fourth-order valence-corrected chi connectivity index (χ4v) is 4.65. The maximum Gasteiger partial charge on any atom is 0.307 e. The Morgan fingerprint density at radius 1 is 1.45 bits per heavy atom. The van der Waals surface area contributed by atoms with Crippen molar-refractivity contribution in [1.29, 1.82) is 0 Å². The number of aromatic nitrogens is 2. The fourth-order valence-electron chi connectivity index (χ4n) is 2.87. The molecule has 1 aromatic carbocycles. The van der Waals surface area contributed by atoms with Crippen LogP contribution in [-0.2, 0) is 14.8 Å². The van der Waals surface area contributed by atoms with Crippen LogP contribution in [0.15, 0.2) is 23.2 Å². The number of fused-ring (bicyclic) bond motifs is 1. The van der Waals surface area contributed by atoms with E-state index in [0.29, 0.717) is 24.9 Å². The second-order valence-corrected chi connectivity index (χ2v) is 7.54. The summed E-state index contributed by atoms with van der Waals surface area (Å²) in [6.07, 6.45) is 2.64. The highest BCUT2D eigenvalue weighted by Gasteiger charge is 2.34. The van der Waals surface area contributed by atoms with Gasteiger partial charge in [0.1, 0.15) is 4.90 Å². The molecular weight excluding hydrogens is 306 g/mol. The summed E-state index contributed by atoms with van der Waals surface area (Å²) in [5.74, 6) is -1.60. The fraction of sp³-hybridized carbons (Fsp3) is 0.429. The number of carboxylic acids is 1. The van der Waals surface area contributed by atoms with Crippen LogP contribution in [0, 0.1) is 12.8 Å². The van der Waals surface area contributed by atoms with E-state index in [1.54, 1.807) is 12.3 Å². The summed E-state index contributed by atoms with van der Waals surface area (Å²) in [5.41, 5.74) is 1.28. The van der Waals surface area contributed by atoms with E-state index >= 15 is 0 Å². The molecule has 0 aliphatic carbocycles. The standard InChI is InChI=1S/C14H17N3O4S/c1-9-5-11-7-15-16-13(11)12(6-9)22(20,21)17-4-2-3-10(8-17)14(18)19/h5-7,10H,2-4,8H2,1H3,(H,15,16)(H,18,19). The second-order valence-electron chi connectivity index (χ2n) is 5.64. The highest BCUT2D eigenvalue weighted by Crippen LogP contribution is 2.29. The zero-order valence-electron chi connectivity index (χ0n) is 12.1. The summed E-state index contributed by atoms with van der Waals surface area (Å²) in [6.45, 7) is 2.18. The Morgan fingerprint density at radius 2 is 2.23 bits per heavy atom. The third-order valence-corrected chi connectivity index (χ3v) is 5.90. The lowest BCUT2D eigenvalue weighted by atomic mass is 10.0. The number of nitrogens with one attached hydrogen (secondary N) is 1. The number of hydrogen-bond donors (Lipinski definition) is 2. The molecule has 1 aliphatic rings. The van der Waals surface area contributed by atoms with Gasteiger partial charge in [-0.05, 0) is 37.5 Å². The Labute approximate surface area is 128 Å². The number of nitrogens with zero attached hydrogens (tertiary/aromatic N) is 2. The molecular formula is C14H17N3O4S. The van der Waals surface area contributed by atoms with E-state index in [1.807, 2.05) is 13.0 Å². The molecule has 1 saturated heterocycles. The van der Waals surface area contributed by atoms with Crippen molar-refractivity contribution in [3.63, 3.8) is 0 Å². The maximum absolute atomic E-state index is 12.9. The summed E-state index contributed by atoms with van der Waals surface area (Å²) in [5, 5.41) is 16.5. The molecule has 118 valence electrons. The van der Waals surface area contributed by atoms with Crippen molar-refractivity contribution in [2.45, 2.75) is 24.7 Å². The molecule has 2 heterocycles. The van der Waals surface area contributed by atoms with E-state index in [1.165, 1.54) is 4.31 Å². The third kappa shape index (κ3) is 2.48. The first-order valence-corrected chi connectivity index (χ1v) is 8.50. The van der Waals surface area contributed by atoms with Gasteiger partial charge in [-0.25, -0.2) is 8.42 Å². The van der Waals surface area contributed by atoms with Gasteiger partial charge in [0.15, 0.2) is 0 Å². The molecule has 0 spiro atoms. The number of piperidine rings is 1. The Bertz CT molecular complexity index is 828. The zero-order chi connectivity index (χ0) is 15.9. The monoisotopic (exact) mass is 323 g/mol. The molecule has 2 N–H and O–H groups in total. The van der Waals surface area contributed by atoms with Gasteiger partial charge >= 0.3 is 5.97 Å². The van der Waals surface area contributed by atoms with Crippen molar-refractivity contribution >= 4 is 26.9 Å². The summed E-state index contributed by atoms with van der Waals surface area (Å²) in [7, 11) is -3.75. The molecule has 1 aliphatic heterocycles. The van der Waals surface area contributed by atoms with E-state index in [-0.39, 0.29) is 11.4 Å². The molecule has 1 atom stereocenters. The SMILES string of the molecule is Cc1cc(S(=O)(=O)N2CCCC(C(=O)O)C2)c2[nH]ncc2c1. The van der Waals surface area contributed by atoms with E-state index in [9.17, 15) is 13.2 Å². The molecule has 0 radical (unpaired) electrons. The number of sulfonamides is 1.